The summed E-state index contributed by atoms with van der Waals surface area (Å²) in [5.41, 5.74) is 1.27. The monoisotopic (exact) mass is 465 g/mol. The molecule has 1 amide bonds. The summed E-state index contributed by atoms with van der Waals surface area (Å²) in [7, 11) is 2.75. The Morgan fingerprint density at radius 2 is 1.79 bits per heavy atom. The number of carbonyl (C=O) groups is 1. The SMILES string of the molecule is COc1cc(C(=O)Nc2cccc(-c3ccc(N4CCOCC4)nn3)c2)c([N+](=O)[O-])cc1OC. The van der Waals surface area contributed by atoms with Crippen molar-refractivity contribution in [3.8, 4) is 22.8 Å². The Morgan fingerprint density at radius 1 is 1.06 bits per heavy atom. The van der Waals surface area contributed by atoms with Gasteiger partial charge in [0.15, 0.2) is 17.3 Å². The second-order valence-electron chi connectivity index (χ2n) is 7.39. The molecule has 0 aliphatic carbocycles. The van der Waals surface area contributed by atoms with Crippen LogP contribution in [0.4, 0.5) is 17.2 Å². The van der Waals surface area contributed by atoms with Crippen LogP contribution >= 0.6 is 0 Å². The van der Waals surface area contributed by atoms with Gasteiger partial charge in [-0.25, -0.2) is 0 Å². The van der Waals surface area contributed by atoms with Gasteiger partial charge in [0.05, 0.1) is 44.1 Å². The molecule has 34 heavy (non-hydrogen) atoms. The number of nitrogens with zero attached hydrogens (tertiary/aromatic N) is 4. The number of hydrogen-bond acceptors (Lipinski definition) is 9. The number of aromatic nitrogens is 2. The molecule has 0 radical (unpaired) electrons. The van der Waals surface area contributed by atoms with Crippen LogP contribution in [0.5, 0.6) is 11.5 Å². The normalized spacial score (nSPS) is 13.3. The molecule has 1 saturated heterocycles. The molecule has 1 aromatic heterocycles. The van der Waals surface area contributed by atoms with E-state index in [9.17, 15) is 14.9 Å². The lowest BCUT2D eigenvalue weighted by Crippen LogP contribution is -2.36. The Hall–Kier alpha value is -4.25. The third-order valence-electron chi connectivity index (χ3n) is 5.34. The number of nitrogens with one attached hydrogen (secondary N) is 1. The summed E-state index contributed by atoms with van der Waals surface area (Å²) in [6, 6.07) is 13.2. The molecule has 1 fully saturated rings. The van der Waals surface area contributed by atoms with E-state index in [0.717, 1.165) is 30.5 Å². The van der Waals surface area contributed by atoms with Gasteiger partial charge in [0.1, 0.15) is 5.56 Å². The van der Waals surface area contributed by atoms with Crippen molar-refractivity contribution in [3.05, 3.63) is 64.2 Å². The number of ether oxygens (including phenoxy) is 3. The molecule has 1 aliphatic heterocycles. The quantitative estimate of drug-likeness (QED) is 0.413. The summed E-state index contributed by atoms with van der Waals surface area (Å²) in [5, 5.41) is 22.9. The lowest BCUT2D eigenvalue weighted by Gasteiger charge is -2.27. The van der Waals surface area contributed by atoms with E-state index in [1.54, 1.807) is 18.2 Å². The minimum Gasteiger partial charge on any atom is -0.493 e. The van der Waals surface area contributed by atoms with Gasteiger partial charge in [0, 0.05) is 30.4 Å². The van der Waals surface area contributed by atoms with Gasteiger partial charge in [-0.15, -0.1) is 10.2 Å². The molecule has 4 rings (SSSR count). The van der Waals surface area contributed by atoms with E-state index in [4.69, 9.17) is 14.2 Å². The fourth-order valence-corrected chi connectivity index (χ4v) is 3.60. The van der Waals surface area contributed by atoms with Crippen LogP contribution in [0.3, 0.4) is 0 Å². The third kappa shape index (κ3) is 4.89. The highest BCUT2D eigenvalue weighted by molar-refractivity contribution is 6.07. The van der Waals surface area contributed by atoms with E-state index >= 15 is 0 Å². The van der Waals surface area contributed by atoms with E-state index in [1.807, 2.05) is 18.2 Å². The number of morpholine rings is 1. The van der Waals surface area contributed by atoms with Crippen LogP contribution in [0, 0.1) is 10.1 Å². The zero-order chi connectivity index (χ0) is 24.1. The fourth-order valence-electron chi connectivity index (χ4n) is 3.60. The van der Waals surface area contributed by atoms with Gasteiger partial charge < -0.3 is 24.4 Å². The minimum absolute atomic E-state index is 0.150. The van der Waals surface area contributed by atoms with Crippen molar-refractivity contribution in [3.63, 3.8) is 0 Å². The molecule has 0 unspecified atom stereocenters. The molecule has 2 aromatic carbocycles. The second-order valence-corrected chi connectivity index (χ2v) is 7.39. The Balaban J connectivity index is 1.56. The maximum atomic E-state index is 12.9. The van der Waals surface area contributed by atoms with E-state index in [1.165, 1.54) is 20.3 Å². The number of anilines is 2. The van der Waals surface area contributed by atoms with Crippen LogP contribution in [0.1, 0.15) is 10.4 Å². The molecule has 0 saturated carbocycles. The number of benzene rings is 2. The Bertz CT molecular complexity index is 1190. The molecule has 1 N–H and O–H groups in total. The van der Waals surface area contributed by atoms with Gasteiger partial charge in [-0.3, -0.25) is 14.9 Å². The summed E-state index contributed by atoms with van der Waals surface area (Å²) in [6.45, 7) is 2.84. The molecular formula is C23H23N5O6. The third-order valence-corrected chi connectivity index (χ3v) is 5.34. The van der Waals surface area contributed by atoms with E-state index < -0.39 is 16.5 Å². The van der Waals surface area contributed by atoms with E-state index in [2.05, 4.69) is 20.4 Å². The molecule has 1 aliphatic rings. The van der Waals surface area contributed by atoms with E-state index in [0.29, 0.717) is 24.6 Å². The van der Waals surface area contributed by atoms with Gasteiger partial charge in [-0.2, -0.15) is 0 Å². The van der Waals surface area contributed by atoms with Crippen molar-refractivity contribution in [2.24, 2.45) is 0 Å². The maximum absolute atomic E-state index is 12.9. The average Bonchev–Trinajstić information content (AvgIpc) is 2.88. The highest BCUT2D eigenvalue weighted by Gasteiger charge is 2.25. The highest BCUT2D eigenvalue weighted by atomic mass is 16.6. The molecule has 0 spiro atoms. The molecule has 2 heterocycles. The van der Waals surface area contributed by atoms with Gasteiger partial charge in [0.2, 0.25) is 0 Å². The van der Waals surface area contributed by atoms with Crippen LogP contribution in [0.25, 0.3) is 11.3 Å². The number of nitro groups is 1. The first kappa shape index (κ1) is 22.9. The molecular weight excluding hydrogens is 442 g/mol. The summed E-state index contributed by atoms with van der Waals surface area (Å²) >= 11 is 0. The lowest BCUT2D eigenvalue weighted by atomic mass is 10.1. The molecule has 176 valence electrons. The van der Waals surface area contributed by atoms with Crippen LogP contribution < -0.4 is 19.7 Å². The molecule has 11 heteroatoms. The van der Waals surface area contributed by atoms with Crippen molar-refractivity contribution in [1.29, 1.82) is 0 Å². The first-order valence-electron chi connectivity index (χ1n) is 10.5. The van der Waals surface area contributed by atoms with Crippen molar-refractivity contribution in [2.75, 3.05) is 50.7 Å². The largest absolute Gasteiger partial charge is 0.493 e. The standard InChI is InChI=1S/C23H23N5O6/c1-32-20-13-17(19(28(30)31)14-21(20)33-2)23(29)24-16-5-3-4-15(12-16)18-6-7-22(26-25-18)27-8-10-34-11-9-27/h3-7,12-14H,8-11H2,1-2H3,(H,24,29). The lowest BCUT2D eigenvalue weighted by molar-refractivity contribution is -0.385. The molecule has 0 bridgehead atoms. The smallest absolute Gasteiger partial charge is 0.286 e. The first-order chi connectivity index (χ1) is 16.5. The Labute approximate surface area is 195 Å². The topological polar surface area (TPSA) is 129 Å². The Kier molecular flexibility index (Phi) is 6.83. The maximum Gasteiger partial charge on any atom is 0.286 e. The number of hydrogen-bond donors (Lipinski definition) is 1. The summed E-state index contributed by atoms with van der Waals surface area (Å²) in [5.74, 6) is 0.491. The predicted molar refractivity (Wildman–Crippen MR) is 125 cm³/mol. The van der Waals surface area contributed by atoms with Crippen molar-refractivity contribution in [2.45, 2.75) is 0 Å². The van der Waals surface area contributed by atoms with Crippen molar-refractivity contribution in [1.82, 2.24) is 10.2 Å². The summed E-state index contributed by atoms with van der Waals surface area (Å²) in [4.78, 5) is 25.9. The van der Waals surface area contributed by atoms with Crippen molar-refractivity contribution >= 4 is 23.1 Å². The zero-order valence-corrected chi connectivity index (χ0v) is 18.7. The highest BCUT2D eigenvalue weighted by Crippen LogP contribution is 2.35. The van der Waals surface area contributed by atoms with Gasteiger partial charge >= 0.3 is 0 Å². The van der Waals surface area contributed by atoms with Gasteiger partial charge in [-0.1, -0.05) is 12.1 Å². The average molecular weight is 465 g/mol. The van der Waals surface area contributed by atoms with Crippen LogP contribution in [0.2, 0.25) is 0 Å². The van der Waals surface area contributed by atoms with Gasteiger partial charge in [-0.05, 0) is 24.3 Å². The predicted octanol–water partition coefficient (Wildman–Crippen LogP) is 3.16. The number of nitro benzene ring substituents is 1. The number of amides is 1. The van der Waals surface area contributed by atoms with E-state index in [-0.39, 0.29) is 17.1 Å². The molecule has 3 aromatic rings. The number of rotatable bonds is 7. The number of carbonyl (C=O) groups excluding carboxylic acids is 1. The summed E-state index contributed by atoms with van der Waals surface area (Å²) < 4.78 is 15.7. The van der Waals surface area contributed by atoms with Crippen LogP contribution in [-0.2, 0) is 4.74 Å². The minimum atomic E-state index is -0.654. The zero-order valence-electron chi connectivity index (χ0n) is 18.7. The number of methoxy groups -OCH3 is 2. The molecule has 11 nitrogen and oxygen atoms in total. The first-order valence-corrected chi connectivity index (χ1v) is 10.5. The van der Waals surface area contributed by atoms with Crippen LogP contribution in [-0.4, -0.2) is 61.6 Å². The summed E-state index contributed by atoms with van der Waals surface area (Å²) in [6.07, 6.45) is 0. The van der Waals surface area contributed by atoms with Crippen LogP contribution in [0.15, 0.2) is 48.5 Å². The fraction of sp³-hybridized carbons (Fsp3) is 0.261. The van der Waals surface area contributed by atoms with Gasteiger partial charge in [0.25, 0.3) is 11.6 Å². The van der Waals surface area contributed by atoms with Crippen molar-refractivity contribution < 1.29 is 23.9 Å². The Morgan fingerprint density at radius 3 is 2.44 bits per heavy atom. The second kappa shape index (κ2) is 10.1. The molecule has 0 atom stereocenters.